The molecule has 1 atom stereocenters. The van der Waals surface area contributed by atoms with E-state index in [1.165, 1.54) is 5.56 Å². The second-order valence-corrected chi connectivity index (χ2v) is 7.37. The number of carbonyl (C=O) groups is 1. The molecule has 0 radical (unpaired) electrons. The van der Waals surface area contributed by atoms with Crippen LogP contribution < -0.4 is 11.1 Å². The summed E-state index contributed by atoms with van der Waals surface area (Å²) in [6, 6.07) is 10.3. The summed E-state index contributed by atoms with van der Waals surface area (Å²) in [6.07, 6.45) is 2.14. The van der Waals surface area contributed by atoms with Gasteiger partial charge in [0.25, 0.3) is 0 Å². The van der Waals surface area contributed by atoms with Crippen LogP contribution in [0.15, 0.2) is 30.3 Å². The van der Waals surface area contributed by atoms with Gasteiger partial charge in [0.1, 0.15) is 0 Å². The first-order valence-electron chi connectivity index (χ1n) is 9.58. The van der Waals surface area contributed by atoms with E-state index in [2.05, 4.69) is 45.4 Å². The zero-order valence-electron chi connectivity index (χ0n) is 15.8. The van der Waals surface area contributed by atoms with Gasteiger partial charge in [0.15, 0.2) is 0 Å². The Balaban J connectivity index is 1.53. The molecule has 3 N–H and O–H groups in total. The van der Waals surface area contributed by atoms with Gasteiger partial charge in [-0.3, -0.25) is 9.69 Å². The monoisotopic (exact) mass is 346 g/mol. The molecule has 140 valence electrons. The third-order valence-electron chi connectivity index (χ3n) is 4.94. The van der Waals surface area contributed by atoms with Crippen molar-refractivity contribution < 1.29 is 4.79 Å². The van der Waals surface area contributed by atoms with E-state index in [1.807, 2.05) is 13.8 Å². The number of amides is 1. The molecule has 0 aliphatic carbocycles. The van der Waals surface area contributed by atoms with Crippen LogP contribution in [0.1, 0.15) is 32.3 Å². The number of nitrogens with one attached hydrogen (secondary N) is 1. The molecule has 1 heterocycles. The Morgan fingerprint density at radius 1 is 1.08 bits per heavy atom. The third-order valence-corrected chi connectivity index (χ3v) is 4.94. The maximum Gasteiger partial charge on any atom is 0.237 e. The summed E-state index contributed by atoms with van der Waals surface area (Å²) in [7, 11) is 0. The molecule has 1 aliphatic heterocycles. The van der Waals surface area contributed by atoms with Gasteiger partial charge in [-0.15, -0.1) is 0 Å². The fourth-order valence-corrected chi connectivity index (χ4v) is 3.11. The fraction of sp³-hybridized carbons (Fsp3) is 0.650. The van der Waals surface area contributed by atoms with Crippen LogP contribution in [-0.2, 0) is 11.3 Å². The SMILES string of the molecule is CC(C)[C@H](N)C(=O)NCCCCN1CCN(Cc2ccccc2)CC1. The summed E-state index contributed by atoms with van der Waals surface area (Å²) in [5.41, 5.74) is 7.23. The van der Waals surface area contributed by atoms with Crippen molar-refractivity contribution in [3.05, 3.63) is 35.9 Å². The molecule has 1 saturated heterocycles. The number of hydrogen-bond acceptors (Lipinski definition) is 4. The average molecular weight is 347 g/mol. The van der Waals surface area contributed by atoms with E-state index in [4.69, 9.17) is 5.73 Å². The Bertz CT molecular complexity index is 498. The van der Waals surface area contributed by atoms with Crippen molar-refractivity contribution in [2.75, 3.05) is 39.3 Å². The third kappa shape index (κ3) is 7.14. The number of benzene rings is 1. The molecule has 0 bridgehead atoms. The van der Waals surface area contributed by atoms with E-state index in [9.17, 15) is 4.79 Å². The van der Waals surface area contributed by atoms with Crippen LogP contribution in [0.25, 0.3) is 0 Å². The minimum atomic E-state index is -0.391. The van der Waals surface area contributed by atoms with E-state index in [-0.39, 0.29) is 11.8 Å². The van der Waals surface area contributed by atoms with Gasteiger partial charge < -0.3 is 16.0 Å². The zero-order chi connectivity index (χ0) is 18.1. The van der Waals surface area contributed by atoms with Crippen LogP contribution in [0.4, 0.5) is 0 Å². The summed E-state index contributed by atoms with van der Waals surface area (Å²) in [5, 5.41) is 2.95. The van der Waals surface area contributed by atoms with Crippen molar-refractivity contribution in [1.29, 1.82) is 0 Å². The number of rotatable bonds is 9. The van der Waals surface area contributed by atoms with Crippen LogP contribution in [0.5, 0.6) is 0 Å². The van der Waals surface area contributed by atoms with E-state index < -0.39 is 6.04 Å². The first kappa shape index (κ1) is 19.9. The molecule has 0 unspecified atom stereocenters. The summed E-state index contributed by atoms with van der Waals surface area (Å²) >= 11 is 0. The predicted octanol–water partition coefficient (Wildman–Crippen LogP) is 1.68. The summed E-state index contributed by atoms with van der Waals surface area (Å²) in [6.45, 7) is 11.4. The normalized spacial score (nSPS) is 17.6. The Labute approximate surface area is 152 Å². The van der Waals surface area contributed by atoms with Gasteiger partial charge in [-0.2, -0.15) is 0 Å². The minimum absolute atomic E-state index is 0.0236. The average Bonchev–Trinajstić information content (AvgIpc) is 2.62. The maximum absolute atomic E-state index is 11.8. The smallest absolute Gasteiger partial charge is 0.237 e. The second kappa shape index (κ2) is 10.5. The lowest BCUT2D eigenvalue weighted by molar-refractivity contribution is -0.123. The number of nitrogens with zero attached hydrogens (tertiary/aromatic N) is 2. The molecule has 0 saturated carbocycles. The lowest BCUT2D eigenvalue weighted by Gasteiger charge is -2.34. The van der Waals surface area contributed by atoms with Gasteiger partial charge in [0.2, 0.25) is 5.91 Å². The lowest BCUT2D eigenvalue weighted by atomic mass is 10.1. The van der Waals surface area contributed by atoms with Crippen LogP contribution >= 0.6 is 0 Å². The molecular weight excluding hydrogens is 312 g/mol. The van der Waals surface area contributed by atoms with Crippen molar-refractivity contribution >= 4 is 5.91 Å². The Hall–Kier alpha value is -1.43. The van der Waals surface area contributed by atoms with Crippen molar-refractivity contribution in [3.8, 4) is 0 Å². The summed E-state index contributed by atoms with van der Waals surface area (Å²) in [4.78, 5) is 16.8. The fourth-order valence-electron chi connectivity index (χ4n) is 3.11. The van der Waals surface area contributed by atoms with E-state index in [1.54, 1.807) is 0 Å². The number of nitrogens with two attached hydrogens (primary N) is 1. The van der Waals surface area contributed by atoms with Crippen molar-refractivity contribution in [2.45, 2.75) is 39.3 Å². The van der Waals surface area contributed by atoms with Gasteiger partial charge in [-0.25, -0.2) is 0 Å². The predicted molar refractivity (Wildman–Crippen MR) is 103 cm³/mol. The van der Waals surface area contributed by atoms with Crippen molar-refractivity contribution in [1.82, 2.24) is 15.1 Å². The molecule has 1 fully saturated rings. The molecule has 1 aromatic carbocycles. The standard InChI is InChI=1S/C20H34N4O/c1-17(2)19(21)20(25)22-10-6-7-11-23-12-14-24(15-13-23)16-18-8-4-3-5-9-18/h3-5,8-9,17,19H,6-7,10-16,21H2,1-2H3,(H,22,25)/t19-/m0/s1. The van der Waals surface area contributed by atoms with E-state index in [0.717, 1.165) is 58.7 Å². The van der Waals surface area contributed by atoms with Gasteiger partial charge in [0, 0.05) is 39.3 Å². The maximum atomic E-state index is 11.8. The Kier molecular flexibility index (Phi) is 8.38. The molecule has 1 aromatic rings. The minimum Gasteiger partial charge on any atom is -0.355 e. The van der Waals surface area contributed by atoms with Crippen molar-refractivity contribution in [3.63, 3.8) is 0 Å². The Morgan fingerprint density at radius 3 is 2.36 bits per heavy atom. The van der Waals surface area contributed by atoms with Gasteiger partial charge >= 0.3 is 0 Å². The van der Waals surface area contributed by atoms with E-state index in [0.29, 0.717) is 0 Å². The topological polar surface area (TPSA) is 61.6 Å². The molecule has 1 amide bonds. The van der Waals surface area contributed by atoms with Crippen molar-refractivity contribution in [2.24, 2.45) is 11.7 Å². The highest BCUT2D eigenvalue weighted by Crippen LogP contribution is 2.09. The summed E-state index contributed by atoms with van der Waals surface area (Å²) < 4.78 is 0. The van der Waals surface area contributed by atoms with E-state index >= 15 is 0 Å². The summed E-state index contributed by atoms with van der Waals surface area (Å²) in [5.74, 6) is 0.164. The Morgan fingerprint density at radius 2 is 1.72 bits per heavy atom. The van der Waals surface area contributed by atoms with Gasteiger partial charge in [-0.05, 0) is 30.9 Å². The number of piperazine rings is 1. The lowest BCUT2D eigenvalue weighted by Crippen LogP contribution is -2.46. The molecular formula is C20H34N4O. The zero-order valence-corrected chi connectivity index (χ0v) is 15.8. The second-order valence-electron chi connectivity index (χ2n) is 7.37. The van der Waals surface area contributed by atoms with Crippen LogP contribution in [0.2, 0.25) is 0 Å². The number of unbranched alkanes of at least 4 members (excludes halogenated alkanes) is 1. The molecule has 5 heteroatoms. The number of hydrogen-bond donors (Lipinski definition) is 2. The molecule has 1 aliphatic rings. The highest BCUT2D eigenvalue weighted by atomic mass is 16.2. The quantitative estimate of drug-likeness (QED) is 0.668. The van der Waals surface area contributed by atoms with Gasteiger partial charge in [0.05, 0.1) is 6.04 Å². The highest BCUT2D eigenvalue weighted by Gasteiger charge is 2.17. The van der Waals surface area contributed by atoms with Crippen LogP contribution in [0.3, 0.4) is 0 Å². The largest absolute Gasteiger partial charge is 0.355 e. The molecule has 25 heavy (non-hydrogen) atoms. The van der Waals surface area contributed by atoms with Crippen LogP contribution in [0, 0.1) is 5.92 Å². The first-order chi connectivity index (χ1) is 12.1. The highest BCUT2D eigenvalue weighted by molar-refractivity contribution is 5.81. The first-order valence-corrected chi connectivity index (χ1v) is 9.58. The molecule has 0 aromatic heterocycles. The molecule has 2 rings (SSSR count). The van der Waals surface area contributed by atoms with Gasteiger partial charge in [-0.1, -0.05) is 44.2 Å². The molecule has 0 spiro atoms. The molecule has 5 nitrogen and oxygen atoms in total. The van der Waals surface area contributed by atoms with Crippen LogP contribution in [-0.4, -0.2) is 61.0 Å². The number of carbonyl (C=O) groups excluding carboxylic acids is 1.